The van der Waals surface area contributed by atoms with Crippen LogP contribution in [-0.2, 0) is 6.54 Å². The summed E-state index contributed by atoms with van der Waals surface area (Å²) in [6.07, 6.45) is 1.58. The molecule has 0 spiro atoms. The van der Waals surface area contributed by atoms with Crippen molar-refractivity contribution in [3.63, 3.8) is 0 Å². The highest BCUT2D eigenvalue weighted by atomic mass is 79.9. The van der Waals surface area contributed by atoms with Crippen molar-refractivity contribution in [3.8, 4) is 0 Å². The molecule has 116 valence electrons. The average Bonchev–Trinajstić information content (AvgIpc) is 2.55. The lowest BCUT2D eigenvalue weighted by Gasteiger charge is -2.08. The number of hydrogen-bond acceptors (Lipinski definition) is 5. The van der Waals surface area contributed by atoms with Crippen LogP contribution in [0.2, 0.25) is 5.02 Å². The minimum atomic E-state index is 0.458. The second kappa shape index (κ2) is 7.39. The Balaban J connectivity index is 1.66. The number of benzene rings is 2. The molecular weight excluding hydrogens is 378 g/mol. The molecule has 0 fully saturated rings. The van der Waals surface area contributed by atoms with Crippen LogP contribution in [0.25, 0.3) is 0 Å². The average molecular weight is 391 g/mol. The van der Waals surface area contributed by atoms with Crippen LogP contribution in [0, 0.1) is 0 Å². The quantitative estimate of drug-likeness (QED) is 0.664. The molecule has 0 unspecified atom stereocenters. The van der Waals surface area contributed by atoms with Gasteiger partial charge in [-0.25, -0.2) is 0 Å². The van der Waals surface area contributed by atoms with Gasteiger partial charge >= 0.3 is 0 Å². The van der Waals surface area contributed by atoms with Gasteiger partial charge in [0.15, 0.2) is 5.82 Å². The Kier molecular flexibility index (Phi) is 5.05. The van der Waals surface area contributed by atoms with Crippen molar-refractivity contribution in [2.24, 2.45) is 0 Å². The fraction of sp³-hybridized carbons (Fsp3) is 0.0625. The Morgan fingerprint density at radius 2 is 1.91 bits per heavy atom. The lowest BCUT2D eigenvalue weighted by atomic mass is 10.2. The maximum absolute atomic E-state index is 5.87. The third kappa shape index (κ3) is 4.64. The van der Waals surface area contributed by atoms with Gasteiger partial charge in [0.25, 0.3) is 0 Å². The highest BCUT2D eigenvalue weighted by molar-refractivity contribution is 9.10. The zero-order valence-electron chi connectivity index (χ0n) is 12.0. The summed E-state index contributed by atoms with van der Waals surface area (Å²) in [5.41, 5.74) is 2.01. The number of anilines is 3. The molecule has 2 N–H and O–H groups in total. The summed E-state index contributed by atoms with van der Waals surface area (Å²) in [5, 5.41) is 15.0. The van der Waals surface area contributed by atoms with Crippen molar-refractivity contribution in [2.75, 3.05) is 10.6 Å². The number of rotatable bonds is 5. The first-order valence-corrected chi connectivity index (χ1v) is 8.07. The first kappa shape index (κ1) is 15.7. The second-order valence-corrected chi connectivity index (χ2v) is 6.13. The Morgan fingerprint density at radius 3 is 2.70 bits per heavy atom. The molecule has 5 nitrogen and oxygen atoms in total. The van der Waals surface area contributed by atoms with Crippen molar-refractivity contribution in [1.29, 1.82) is 0 Å². The molecule has 0 amide bonds. The van der Waals surface area contributed by atoms with Crippen molar-refractivity contribution < 1.29 is 0 Å². The van der Waals surface area contributed by atoms with Crippen molar-refractivity contribution in [1.82, 2.24) is 15.2 Å². The van der Waals surface area contributed by atoms with Crippen molar-refractivity contribution in [3.05, 3.63) is 69.8 Å². The van der Waals surface area contributed by atoms with Gasteiger partial charge in [0, 0.05) is 21.7 Å². The topological polar surface area (TPSA) is 62.7 Å². The number of hydrogen-bond donors (Lipinski definition) is 2. The first-order valence-electron chi connectivity index (χ1n) is 6.90. The maximum atomic E-state index is 5.87. The van der Waals surface area contributed by atoms with E-state index in [0.29, 0.717) is 23.3 Å². The summed E-state index contributed by atoms with van der Waals surface area (Å²) < 4.78 is 0.991. The van der Waals surface area contributed by atoms with Crippen LogP contribution in [0.3, 0.4) is 0 Å². The summed E-state index contributed by atoms with van der Waals surface area (Å²) in [6.45, 7) is 0.596. The molecule has 0 saturated heterocycles. The van der Waals surface area contributed by atoms with Crippen LogP contribution in [-0.4, -0.2) is 15.2 Å². The highest BCUT2D eigenvalue weighted by Gasteiger charge is 2.02. The Morgan fingerprint density at radius 1 is 1.09 bits per heavy atom. The van der Waals surface area contributed by atoms with E-state index in [1.807, 2.05) is 48.5 Å². The summed E-state index contributed by atoms with van der Waals surface area (Å²) in [5.74, 6) is 1.08. The summed E-state index contributed by atoms with van der Waals surface area (Å²) in [6, 6.07) is 15.4. The Hall–Kier alpha value is -2.18. The van der Waals surface area contributed by atoms with E-state index in [0.717, 1.165) is 15.7 Å². The summed E-state index contributed by atoms with van der Waals surface area (Å²) in [4.78, 5) is 4.39. The minimum absolute atomic E-state index is 0.458. The van der Waals surface area contributed by atoms with Crippen LogP contribution >= 0.6 is 27.5 Å². The van der Waals surface area contributed by atoms with Crippen LogP contribution < -0.4 is 10.6 Å². The molecule has 1 heterocycles. The van der Waals surface area contributed by atoms with E-state index < -0.39 is 0 Å². The first-order chi connectivity index (χ1) is 11.2. The Bertz CT molecular complexity index is 794. The lowest BCUT2D eigenvalue weighted by Crippen LogP contribution is -2.06. The second-order valence-electron chi connectivity index (χ2n) is 4.78. The van der Waals surface area contributed by atoms with E-state index in [4.69, 9.17) is 11.6 Å². The predicted molar refractivity (Wildman–Crippen MR) is 96.0 cm³/mol. The molecule has 0 bridgehead atoms. The van der Waals surface area contributed by atoms with Gasteiger partial charge in [0.2, 0.25) is 5.95 Å². The summed E-state index contributed by atoms with van der Waals surface area (Å²) in [7, 11) is 0. The molecule has 0 radical (unpaired) electrons. The largest absolute Gasteiger partial charge is 0.349 e. The normalized spacial score (nSPS) is 10.3. The molecule has 0 aliphatic rings. The van der Waals surface area contributed by atoms with Gasteiger partial charge in [0.05, 0.1) is 6.20 Å². The highest BCUT2D eigenvalue weighted by Crippen LogP contribution is 2.19. The Labute approximate surface area is 147 Å². The van der Waals surface area contributed by atoms with Gasteiger partial charge in [-0.2, -0.15) is 10.1 Å². The SMILES string of the molecule is Clc1ccc(CNc2nncc(Nc3cccc(Br)c3)n2)cc1. The van der Waals surface area contributed by atoms with Crippen LogP contribution in [0.4, 0.5) is 17.5 Å². The summed E-state index contributed by atoms with van der Waals surface area (Å²) >= 11 is 9.31. The molecule has 2 aromatic carbocycles. The van der Waals surface area contributed by atoms with E-state index >= 15 is 0 Å². The maximum Gasteiger partial charge on any atom is 0.244 e. The van der Waals surface area contributed by atoms with Gasteiger partial charge in [-0.15, -0.1) is 5.10 Å². The monoisotopic (exact) mass is 389 g/mol. The molecule has 0 saturated carbocycles. The van der Waals surface area contributed by atoms with Crippen LogP contribution in [0.1, 0.15) is 5.56 Å². The van der Waals surface area contributed by atoms with Gasteiger partial charge in [-0.05, 0) is 35.9 Å². The van der Waals surface area contributed by atoms with E-state index in [9.17, 15) is 0 Å². The van der Waals surface area contributed by atoms with E-state index in [2.05, 4.69) is 41.7 Å². The number of aromatic nitrogens is 3. The van der Waals surface area contributed by atoms with Crippen LogP contribution in [0.5, 0.6) is 0 Å². The van der Waals surface area contributed by atoms with Gasteiger partial charge in [-0.1, -0.05) is 45.7 Å². The number of nitrogens with one attached hydrogen (secondary N) is 2. The van der Waals surface area contributed by atoms with E-state index in [1.165, 1.54) is 0 Å². The van der Waals surface area contributed by atoms with Gasteiger partial charge in [0.1, 0.15) is 0 Å². The van der Waals surface area contributed by atoms with Crippen LogP contribution in [0.15, 0.2) is 59.2 Å². The lowest BCUT2D eigenvalue weighted by molar-refractivity contribution is 0.949. The van der Waals surface area contributed by atoms with Crippen molar-refractivity contribution >= 4 is 45.0 Å². The molecule has 3 rings (SSSR count). The molecule has 23 heavy (non-hydrogen) atoms. The molecule has 0 atom stereocenters. The number of halogens is 2. The fourth-order valence-corrected chi connectivity index (χ4v) is 2.46. The smallest absolute Gasteiger partial charge is 0.244 e. The minimum Gasteiger partial charge on any atom is -0.349 e. The molecule has 3 aromatic rings. The third-order valence-corrected chi connectivity index (χ3v) is 3.76. The molecule has 0 aliphatic heterocycles. The fourth-order valence-electron chi connectivity index (χ4n) is 1.94. The number of nitrogens with zero attached hydrogens (tertiary/aromatic N) is 3. The molecular formula is C16H13BrClN5. The molecule has 7 heteroatoms. The van der Waals surface area contributed by atoms with E-state index in [1.54, 1.807) is 6.20 Å². The van der Waals surface area contributed by atoms with Gasteiger partial charge in [-0.3, -0.25) is 0 Å². The zero-order valence-corrected chi connectivity index (χ0v) is 14.3. The predicted octanol–water partition coefficient (Wildman–Crippen LogP) is 4.64. The van der Waals surface area contributed by atoms with Crippen molar-refractivity contribution in [2.45, 2.75) is 6.54 Å². The van der Waals surface area contributed by atoms with Gasteiger partial charge < -0.3 is 10.6 Å². The standard InChI is InChI=1S/C16H13BrClN5/c17-12-2-1-3-14(8-12)21-15-10-20-23-16(22-15)19-9-11-4-6-13(18)7-5-11/h1-8,10H,9H2,(H2,19,21,22,23). The third-order valence-electron chi connectivity index (χ3n) is 3.02. The zero-order chi connectivity index (χ0) is 16.1. The molecule has 1 aromatic heterocycles. The molecule has 0 aliphatic carbocycles. The van der Waals surface area contributed by atoms with E-state index in [-0.39, 0.29) is 0 Å².